The van der Waals surface area contributed by atoms with E-state index in [2.05, 4.69) is 12.6 Å². The molecule has 0 radical (unpaired) electrons. The van der Waals surface area contributed by atoms with E-state index in [1.54, 1.807) is 0 Å². The van der Waals surface area contributed by atoms with Gasteiger partial charge in [-0.15, -0.1) is 12.6 Å². The topological polar surface area (TPSA) is 52.0 Å². The number of thiol groups is 1. The van der Waals surface area contributed by atoms with Crippen LogP contribution in [-0.4, -0.2) is 3.53 Å². The summed E-state index contributed by atoms with van der Waals surface area (Å²) in [6, 6.07) is 9.39. The number of thioether (sulfide) groups is 1. The lowest BCUT2D eigenvalue weighted by atomic mass is 10.2. The van der Waals surface area contributed by atoms with Gasteiger partial charge >= 0.3 is 0 Å². The normalized spacial score (nSPS) is 11.3. The zero-order chi connectivity index (χ0) is 9.90. The highest BCUT2D eigenvalue weighted by atomic mass is 32.2. The Kier molecular flexibility index (Phi) is 3.75. The first-order valence-electron chi connectivity index (χ1n) is 3.57. The fraction of sp³-hybridized carbons (Fsp3) is 0.125. The Bertz CT molecular complexity index is 298. The van der Waals surface area contributed by atoms with Crippen molar-refractivity contribution in [2.45, 2.75) is 4.99 Å². The van der Waals surface area contributed by atoms with E-state index in [-0.39, 0.29) is 0 Å². The third kappa shape index (κ3) is 3.28. The van der Waals surface area contributed by atoms with Crippen molar-refractivity contribution in [3.8, 4) is 0 Å². The van der Waals surface area contributed by atoms with Crippen LogP contribution < -0.4 is 11.5 Å². The maximum absolute atomic E-state index is 5.84. The molecular formula is C8H10N2S3. The maximum atomic E-state index is 5.84. The molecule has 0 aliphatic heterocycles. The predicted molar refractivity (Wildman–Crippen MR) is 65.7 cm³/mol. The Hall–Kier alpha value is -0.0700. The molecule has 0 amide bonds. The summed E-state index contributed by atoms with van der Waals surface area (Å²) < 4.78 is 0.439. The summed E-state index contributed by atoms with van der Waals surface area (Å²) >= 11 is 9.95. The third-order valence-corrected chi connectivity index (χ3v) is 2.75. The highest BCUT2D eigenvalue weighted by Gasteiger charge is 2.23. The van der Waals surface area contributed by atoms with Crippen LogP contribution in [0.1, 0.15) is 5.56 Å². The Labute approximate surface area is 92.5 Å². The minimum Gasteiger partial charge on any atom is -0.301 e. The van der Waals surface area contributed by atoms with Gasteiger partial charge < -0.3 is 11.5 Å². The fourth-order valence-electron chi connectivity index (χ4n) is 0.902. The van der Waals surface area contributed by atoms with Crippen molar-refractivity contribution in [1.82, 2.24) is 0 Å². The second kappa shape index (κ2) is 4.43. The number of thiocarbonyl (C=S) groups is 1. The molecule has 5 heteroatoms. The second-order valence-electron chi connectivity index (χ2n) is 2.53. The molecule has 1 aromatic carbocycles. The molecule has 1 aromatic rings. The molecule has 0 unspecified atom stereocenters. The average Bonchev–Trinajstić information content (AvgIpc) is 2.04. The standard InChI is InChI=1S/C8H10N2S3/c9-8(10,13-7(11)12)6-4-2-1-3-5-6/h1-5H,9-10H2,(H,11,12). The molecule has 0 aromatic heterocycles. The summed E-state index contributed by atoms with van der Waals surface area (Å²) in [6.07, 6.45) is 0. The van der Waals surface area contributed by atoms with Crippen molar-refractivity contribution in [3.05, 3.63) is 35.9 Å². The molecular weight excluding hydrogens is 220 g/mol. The van der Waals surface area contributed by atoms with Gasteiger partial charge in [0.05, 0.1) is 0 Å². The monoisotopic (exact) mass is 230 g/mol. The van der Waals surface area contributed by atoms with Crippen LogP contribution in [0, 0.1) is 0 Å². The van der Waals surface area contributed by atoms with Crippen molar-refractivity contribution in [3.63, 3.8) is 0 Å². The van der Waals surface area contributed by atoms with Gasteiger partial charge in [-0.05, 0) is 5.56 Å². The number of rotatable bonds is 2. The molecule has 1 rings (SSSR count). The van der Waals surface area contributed by atoms with Gasteiger partial charge in [0.25, 0.3) is 0 Å². The van der Waals surface area contributed by atoms with Crippen LogP contribution in [0.3, 0.4) is 0 Å². The van der Waals surface area contributed by atoms with E-state index in [9.17, 15) is 0 Å². The maximum Gasteiger partial charge on any atom is 0.144 e. The van der Waals surface area contributed by atoms with E-state index < -0.39 is 4.99 Å². The summed E-state index contributed by atoms with van der Waals surface area (Å²) in [5.74, 6) is 0. The minimum atomic E-state index is -0.986. The van der Waals surface area contributed by atoms with E-state index in [1.807, 2.05) is 30.3 Å². The highest BCUT2D eigenvalue weighted by molar-refractivity contribution is 8.41. The van der Waals surface area contributed by atoms with Crippen LogP contribution >= 0.6 is 36.6 Å². The van der Waals surface area contributed by atoms with Crippen LogP contribution in [0.25, 0.3) is 0 Å². The largest absolute Gasteiger partial charge is 0.301 e. The van der Waals surface area contributed by atoms with Gasteiger partial charge in [-0.3, -0.25) is 0 Å². The van der Waals surface area contributed by atoms with Crippen LogP contribution in [0.5, 0.6) is 0 Å². The predicted octanol–water partition coefficient (Wildman–Crippen LogP) is 1.66. The lowest BCUT2D eigenvalue weighted by Gasteiger charge is -2.23. The smallest absolute Gasteiger partial charge is 0.144 e. The summed E-state index contributed by atoms with van der Waals surface area (Å²) in [5.41, 5.74) is 12.5. The molecule has 4 N–H and O–H groups in total. The van der Waals surface area contributed by atoms with Crippen molar-refractivity contribution >= 4 is 40.1 Å². The molecule has 0 saturated carbocycles. The van der Waals surface area contributed by atoms with E-state index >= 15 is 0 Å². The molecule has 0 fully saturated rings. The Morgan fingerprint density at radius 2 is 1.85 bits per heavy atom. The lowest BCUT2D eigenvalue weighted by molar-refractivity contribution is 0.700. The molecule has 0 aliphatic carbocycles. The van der Waals surface area contributed by atoms with Crippen molar-refractivity contribution in [2.24, 2.45) is 11.5 Å². The van der Waals surface area contributed by atoms with Gasteiger partial charge in [-0.25, -0.2) is 0 Å². The summed E-state index contributed by atoms with van der Waals surface area (Å²) in [7, 11) is 0. The van der Waals surface area contributed by atoms with E-state index in [4.69, 9.17) is 23.7 Å². The highest BCUT2D eigenvalue weighted by Crippen LogP contribution is 2.27. The van der Waals surface area contributed by atoms with E-state index in [1.165, 1.54) is 0 Å². The molecule has 70 valence electrons. The summed E-state index contributed by atoms with van der Waals surface area (Å²) in [4.78, 5) is -0.986. The Morgan fingerprint density at radius 3 is 2.31 bits per heavy atom. The zero-order valence-corrected chi connectivity index (χ0v) is 9.33. The zero-order valence-electron chi connectivity index (χ0n) is 6.81. The van der Waals surface area contributed by atoms with Gasteiger partial charge in [0.2, 0.25) is 0 Å². The average molecular weight is 230 g/mol. The van der Waals surface area contributed by atoms with Gasteiger partial charge in [-0.1, -0.05) is 54.3 Å². The van der Waals surface area contributed by atoms with Crippen molar-refractivity contribution in [1.29, 1.82) is 0 Å². The molecule has 13 heavy (non-hydrogen) atoms. The molecule has 0 spiro atoms. The fourth-order valence-corrected chi connectivity index (χ4v) is 2.31. The Morgan fingerprint density at radius 1 is 1.31 bits per heavy atom. The van der Waals surface area contributed by atoms with Crippen LogP contribution in [0.4, 0.5) is 0 Å². The lowest BCUT2D eigenvalue weighted by Crippen LogP contribution is -2.43. The molecule has 0 aliphatic rings. The first-order valence-corrected chi connectivity index (χ1v) is 5.25. The van der Waals surface area contributed by atoms with E-state index in [0.717, 1.165) is 17.3 Å². The van der Waals surface area contributed by atoms with Crippen LogP contribution in [0.2, 0.25) is 0 Å². The molecule has 0 atom stereocenters. The van der Waals surface area contributed by atoms with Gasteiger partial charge in [0.1, 0.15) is 8.52 Å². The Balaban J connectivity index is 2.87. The molecule has 0 bridgehead atoms. The van der Waals surface area contributed by atoms with Crippen molar-refractivity contribution in [2.75, 3.05) is 0 Å². The quantitative estimate of drug-likeness (QED) is 0.411. The first kappa shape index (κ1) is 11.0. The molecule has 0 saturated heterocycles. The number of hydrogen-bond acceptors (Lipinski definition) is 4. The summed E-state index contributed by atoms with van der Waals surface area (Å²) in [6.45, 7) is 0. The van der Waals surface area contributed by atoms with Crippen LogP contribution in [0.15, 0.2) is 30.3 Å². The third-order valence-electron chi connectivity index (χ3n) is 1.48. The van der Waals surface area contributed by atoms with E-state index in [0.29, 0.717) is 3.53 Å². The minimum absolute atomic E-state index is 0.439. The first-order chi connectivity index (χ1) is 6.02. The number of nitrogens with two attached hydrogens (primary N) is 2. The molecule has 0 heterocycles. The molecule has 2 nitrogen and oxygen atoms in total. The SMILES string of the molecule is NC(N)(SC(=S)S)c1ccccc1. The number of benzene rings is 1. The number of hydrogen-bond donors (Lipinski definition) is 3. The van der Waals surface area contributed by atoms with Gasteiger partial charge in [-0.2, -0.15) is 0 Å². The van der Waals surface area contributed by atoms with Crippen molar-refractivity contribution < 1.29 is 0 Å². The van der Waals surface area contributed by atoms with Crippen LogP contribution in [-0.2, 0) is 4.99 Å². The van der Waals surface area contributed by atoms with Gasteiger partial charge in [0.15, 0.2) is 0 Å². The van der Waals surface area contributed by atoms with Gasteiger partial charge in [0, 0.05) is 0 Å². The second-order valence-corrected chi connectivity index (χ2v) is 5.53. The summed E-state index contributed by atoms with van der Waals surface area (Å²) in [5, 5.41) is 0.